The monoisotopic (exact) mass is 420 g/mol. The van der Waals surface area contributed by atoms with E-state index in [0.29, 0.717) is 16.7 Å². The number of nitrogens with one attached hydrogen (secondary N) is 2. The number of carbonyl (C=O) groups excluding carboxylic acids is 2. The van der Waals surface area contributed by atoms with Crippen LogP contribution in [0.15, 0.2) is 29.3 Å². The summed E-state index contributed by atoms with van der Waals surface area (Å²) < 4.78 is 5.14. The van der Waals surface area contributed by atoms with E-state index in [1.54, 1.807) is 38.2 Å². The standard InChI is InChI=1S/C15H17BrN8O2/c1-22-7-9(5-18-22)4-17-15(26)13-11(6-19-24(13)3)20-14(25)12-10(16)8-23(2)21-12/h5-8H,4H2,1-3H3,(H,17,26)(H,20,25). The van der Waals surface area contributed by atoms with Gasteiger partial charge >= 0.3 is 0 Å². The Kier molecular flexibility index (Phi) is 4.89. The van der Waals surface area contributed by atoms with Crippen molar-refractivity contribution < 1.29 is 9.59 Å². The lowest BCUT2D eigenvalue weighted by Crippen LogP contribution is -2.26. The van der Waals surface area contributed by atoms with Gasteiger partial charge in [0.1, 0.15) is 5.69 Å². The minimum atomic E-state index is -0.438. The Morgan fingerprint density at radius 1 is 1.08 bits per heavy atom. The molecule has 136 valence electrons. The van der Waals surface area contributed by atoms with Crippen LogP contribution < -0.4 is 10.6 Å². The lowest BCUT2D eigenvalue weighted by Gasteiger charge is -2.08. The van der Waals surface area contributed by atoms with Crippen molar-refractivity contribution in [1.29, 1.82) is 0 Å². The molecule has 0 unspecified atom stereocenters. The van der Waals surface area contributed by atoms with E-state index in [1.807, 2.05) is 6.20 Å². The van der Waals surface area contributed by atoms with E-state index in [4.69, 9.17) is 0 Å². The summed E-state index contributed by atoms with van der Waals surface area (Å²) in [5.41, 5.74) is 1.64. The first-order chi connectivity index (χ1) is 12.3. The van der Waals surface area contributed by atoms with Crippen LogP contribution in [0.2, 0.25) is 0 Å². The van der Waals surface area contributed by atoms with E-state index in [1.165, 1.54) is 15.6 Å². The molecular formula is C15H17BrN8O2. The van der Waals surface area contributed by atoms with Gasteiger partial charge in [0.2, 0.25) is 0 Å². The number of hydrogen-bond acceptors (Lipinski definition) is 5. The molecule has 10 nitrogen and oxygen atoms in total. The van der Waals surface area contributed by atoms with E-state index < -0.39 is 5.91 Å². The number of nitrogens with zero attached hydrogens (tertiary/aromatic N) is 6. The molecule has 0 aliphatic heterocycles. The first-order valence-corrected chi connectivity index (χ1v) is 8.42. The summed E-state index contributed by atoms with van der Waals surface area (Å²) in [4.78, 5) is 25.0. The second-order valence-corrected chi connectivity index (χ2v) is 6.54. The molecule has 0 atom stereocenters. The van der Waals surface area contributed by atoms with Crippen molar-refractivity contribution in [1.82, 2.24) is 34.7 Å². The lowest BCUT2D eigenvalue weighted by molar-refractivity contribution is 0.0942. The molecule has 11 heteroatoms. The summed E-state index contributed by atoms with van der Waals surface area (Å²) >= 11 is 3.28. The molecule has 2 N–H and O–H groups in total. The second-order valence-electron chi connectivity index (χ2n) is 5.69. The van der Waals surface area contributed by atoms with Gasteiger partial charge < -0.3 is 10.6 Å². The van der Waals surface area contributed by atoms with E-state index >= 15 is 0 Å². The topological polar surface area (TPSA) is 112 Å². The van der Waals surface area contributed by atoms with Gasteiger partial charge in [0.15, 0.2) is 5.69 Å². The van der Waals surface area contributed by atoms with Gasteiger partial charge in [-0.1, -0.05) is 0 Å². The average Bonchev–Trinajstić information content (AvgIpc) is 3.25. The number of anilines is 1. The molecule has 2 amide bonds. The fourth-order valence-electron chi connectivity index (χ4n) is 2.42. The summed E-state index contributed by atoms with van der Waals surface area (Å²) in [5.74, 6) is -0.795. The van der Waals surface area contributed by atoms with Gasteiger partial charge in [0.05, 0.1) is 22.6 Å². The number of carbonyl (C=O) groups is 2. The molecule has 3 heterocycles. The maximum atomic E-state index is 12.5. The van der Waals surface area contributed by atoms with Gasteiger partial charge in [-0.15, -0.1) is 0 Å². The van der Waals surface area contributed by atoms with Crippen LogP contribution in [-0.4, -0.2) is 41.2 Å². The SMILES string of the molecule is Cn1cc(CNC(=O)c2c(NC(=O)c3nn(C)cc3Br)cnn2C)cn1. The van der Waals surface area contributed by atoms with Crippen LogP contribution in [0.25, 0.3) is 0 Å². The zero-order valence-electron chi connectivity index (χ0n) is 14.4. The molecule has 0 aliphatic rings. The highest BCUT2D eigenvalue weighted by molar-refractivity contribution is 9.10. The fraction of sp³-hybridized carbons (Fsp3) is 0.267. The van der Waals surface area contributed by atoms with Crippen molar-refractivity contribution >= 4 is 33.4 Å². The van der Waals surface area contributed by atoms with Gasteiger partial charge in [-0.2, -0.15) is 15.3 Å². The van der Waals surface area contributed by atoms with Crippen LogP contribution in [-0.2, 0) is 27.7 Å². The molecule has 0 fully saturated rings. The second kappa shape index (κ2) is 7.12. The molecule has 0 aromatic carbocycles. The van der Waals surface area contributed by atoms with Crippen LogP contribution in [0, 0.1) is 0 Å². The third-order valence-corrected chi connectivity index (χ3v) is 4.19. The quantitative estimate of drug-likeness (QED) is 0.634. The number of hydrogen-bond donors (Lipinski definition) is 2. The molecule has 0 radical (unpaired) electrons. The van der Waals surface area contributed by atoms with Crippen molar-refractivity contribution in [3.05, 3.63) is 46.2 Å². The van der Waals surface area contributed by atoms with Crippen LogP contribution in [0.5, 0.6) is 0 Å². The molecular weight excluding hydrogens is 404 g/mol. The first kappa shape index (κ1) is 17.9. The highest BCUT2D eigenvalue weighted by Gasteiger charge is 2.21. The van der Waals surface area contributed by atoms with Gasteiger partial charge in [-0.05, 0) is 15.9 Å². The Balaban J connectivity index is 1.74. The number of aromatic nitrogens is 6. The highest BCUT2D eigenvalue weighted by Crippen LogP contribution is 2.19. The zero-order chi connectivity index (χ0) is 18.8. The Morgan fingerprint density at radius 2 is 1.85 bits per heavy atom. The lowest BCUT2D eigenvalue weighted by atomic mass is 10.3. The van der Waals surface area contributed by atoms with Gasteiger partial charge in [0, 0.05) is 45.6 Å². The van der Waals surface area contributed by atoms with Crippen LogP contribution in [0.1, 0.15) is 26.5 Å². The van der Waals surface area contributed by atoms with Crippen molar-refractivity contribution in [2.24, 2.45) is 21.1 Å². The smallest absolute Gasteiger partial charge is 0.277 e. The maximum absolute atomic E-state index is 12.5. The molecule has 0 aliphatic carbocycles. The van der Waals surface area contributed by atoms with Crippen LogP contribution in [0.4, 0.5) is 5.69 Å². The highest BCUT2D eigenvalue weighted by atomic mass is 79.9. The van der Waals surface area contributed by atoms with Gasteiger partial charge in [0.25, 0.3) is 11.8 Å². The number of aryl methyl sites for hydroxylation is 3. The first-order valence-electron chi connectivity index (χ1n) is 7.63. The number of halogens is 1. The van der Waals surface area contributed by atoms with Crippen molar-refractivity contribution in [2.75, 3.05) is 5.32 Å². The molecule has 0 saturated carbocycles. The van der Waals surface area contributed by atoms with Gasteiger partial charge in [-0.3, -0.25) is 23.6 Å². The largest absolute Gasteiger partial charge is 0.346 e. The summed E-state index contributed by atoms with van der Waals surface area (Å²) in [6, 6.07) is 0. The van der Waals surface area contributed by atoms with E-state index in [9.17, 15) is 9.59 Å². The molecule has 3 rings (SSSR count). The van der Waals surface area contributed by atoms with E-state index in [0.717, 1.165) is 5.56 Å². The maximum Gasteiger partial charge on any atom is 0.277 e. The van der Waals surface area contributed by atoms with Crippen molar-refractivity contribution in [3.8, 4) is 0 Å². The third kappa shape index (κ3) is 3.67. The van der Waals surface area contributed by atoms with Crippen LogP contribution in [0.3, 0.4) is 0 Å². The molecule has 0 bridgehead atoms. The summed E-state index contributed by atoms with van der Waals surface area (Å²) in [5, 5.41) is 17.7. The summed E-state index contributed by atoms with van der Waals surface area (Å²) in [7, 11) is 5.14. The predicted octanol–water partition coefficient (Wildman–Crippen LogP) is 0.832. The molecule has 26 heavy (non-hydrogen) atoms. The third-order valence-electron chi connectivity index (χ3n) is 3.61. The average molecular weight is 421 g/mol. The molecule has 0 spiro atoms. The van der Waals surface area contributed by atoms with E-state index in [2.05, 4.69) is 41.9 Å². The summed E-state index contributed by atoms with van der Waals surface area (Å²) in [6.45, 7) is 0.316. The zero-order valence-corrected chi connectivity index (χ0v) is 16.0. The molecule has 0 saturated heterocycles. The molecule has 3 aromatic heterocycles. The summed E-state index contributed by atoms with van der Waals surface area (Å²) in [6.07, 6.45) is 6.57. The Labute approximate surface area is 157 Å². The minimum Gasteiger partial charge on any atom is -0.346 e. The Bertz CT molecular complexity index is 970. The van der Waals surface area contributed by atoms with Crippen LogP contribution >= 0.6 is 15.9 Å². The molecule has 3 aromatic rings. The minimum absolute atomic E-state index is 0.220. The normalized spacial score (nSPS) is 10.8. The van der Waals surface area contributed by atoms with Crippen molar-refractivity contribution in [2.45, 2.75) is 6.54 Å². The Morgan fingerprint density at radius 3 is 2.46 bits per heavy atom. The van der Waals surface area contributed by atoms with Crippen molar-refractivity contribution in [3.63, 3.8) is 0 Å². The Hall–Kier alpha value is -2.95. The number of rotatable bonds is 5. The van der Waals surface area contributed by atoms with Gasteiger partial charge in [-0.25, -0.2) is 0 Å². The number of amides is 2. The predicted molar refractivity (Wildman–Crippen MR) is 96.4 cm³/mol. The van der Waals surface area contributed by atoms with E-state index in [-0.39, 0.29) is 17.3 Å². The fourth-order valence-corrected chi connectivity index (χ4v) is 2.98.